The van der Waals surface area contributed by atoms with E-state index in [1.165, 1.54) is 0 Å². The summed E-state index contributed by atoms with van der Waals surface area (Å²) in [4.78, 5) is 20.3. The molecule has 15 heavy (non-hydrogen) atoms. The highest BCUT2D eigenvalue weighted by Gasteiger charge is 2.42. The van der Waals surface area contributed by atoms with Crippen molar-refractivity contribution in [2.24, 2.45) is 0 Å². The van der Waals surface area contributed by atoms with Crippen LogP contribution in [0.1, 0.15) is 0 Å². The maximum absolute atomic E-state index is 10.1. The molecule has 1 saturated heterocycles. The minimum atomic E-state index is -5.13. The van der Waals surface area contributed by atoms with E-state index in [0.717, 1.165) is 0 Å². The van der Waals surface area contributed by atoms with Crippen LogP contribution in [0.15, 0.2) is 0 Å². The number of phosphoric ester groups is 1. The summed E-state index contributed by atoms with van der Waals surface area (Å²) in [6.07, 6.45) is -4.88. The summed E-state index contributed by atoms with van der Waals surface area (Å²) >= 11 is 0. The minimum Gasteiger partial charge on any atom is -0.790 e. The lowest BCUT2D eigenvalue weighted by Gasteiger charge is -2.30. The Kier molecular flexibility index (Phi) is 4.21. The van der Waals surface area contributed by atoms with Crippen molar-refractivity contribution in [1.29, 1.82) is 0 Å². The molecule has 0 aromatic carbocycles. The monoisotopic (exact) mass is 242 g/mol. The topological polar surface area (TPSA) is 142 Å². The molecule has 0 aliphatic carbocycles. The molecule has 1 aliphatic rings. The number of phosphoric acid groups is 1. The molecule has 0 aromatic rings. The number of aliphatic hydroxyl groups is 3. The number of ether oxygens (including phenoxy) is 1. The third-order valence-corrected chi connectivity index (χ3v) is 2.50. The van der Waals surface area contributed by atoms with E-state index in [2.05, 4.69) is 4.52 Å². The first-order chi connectivity index (χ1) is 6.85. The Hall–Kier alpha value is -0.0500. The highest BCUT2D eigenvalue weighted by Crippen LogP contribution is 2.28. The van der Waals surface area contributed by atoms with Gasteiger partial charge in [0.2, 0.25) is 0 Å². The number of hydrogen-bond acceptors (Lipinski definition) is 8. The summed E-state index contributed by atoms with van der Waals surface area (Å²) in [5, 5.41) is 27.2. The fourth-order valence-corrected chi connectivity index (χ4v) is 1.61. The van der Waals surface area contributed by atoms with Crippen molar-refractivity contribution in [3.63, 3.8) is 0 Å². The fraction of sp³-hybridized carbons (Fsp3) is 1.00. The lowest BCUT2D eigenvalue weighted by Crippen LogP contribution is -2.35. The number of aliphatic hydroxyl groups excluding tert-OH is 3. The Morgan fingerprint density at radius 1 is 1.27 bits per heavy atom. The minimum absolute atomic E-state index is 0.527. The molecule has 3 N–H and O–H groups in total. The summed E-state index contributed by atoms with van der Waals surface area (Å²) in [6.45, 7) is -1.21. The zero-order chi connectivity index (χ0) is 11.6. The van der Waals surface area contributed by atoms with Gasteiger partial charge in [0.15, 0.2) is 0 Å². The average molecular weight is 242 g/mol. The van der Waals surface area contributed by atoms with E-state index in [1.54, 1.807) is 0 Å². The quantitative estimate of drug-likeness (QED) is 0.427. The van der Waals surface area contributed by atoms with Gasteiger partial charge in [-0.2, -0.15) is 0 Å². The zero-order valence-electron chi connectivity index (χ0n) is 7.55. The van der Waals surface area contributed by atoms with Crippen molar-refractivity contribution in [3.05, 3.63) is 0 Å². The second-order valence-corrected chi connectivity index (χ2v) is 4.27. The molecule has 1 fully saturated rings. The maximum atomic E-state index is 10.1. The molecule has 0 radical (unpaired) electrons. The Morgan fingerprint density at radius 2 is 1.80 bits per heavy atom. The smallest absolute Gasteiger partial charge is 0.111 e. The van der Waals surface area contributed by atoms with Gasteiger partial charge in [-0.05, 0) is 0 Å². The van der Waals surface area contributed by atoms with Crippen LogP contribution < -0.4 is 9.79 Å². The van der Waals surface area contributed by atoms with Crippen LogP contribution >= 0.6 is 7.82 Å². The molecule has 0 saturated carbocycles. The Bertz CT molecular complexity index is 252. The predicted molar refractivity (Wildman–Crippen MR) is 41.3 cm³/mol. The van der Waals surface area contributed by atoms with Gasteiger partial charge in [-0.1, -0.05) is 0 Å². The normalized spacial score (nSPS) is 37.1. The Balaban J connectivity index is 2.47. The summed E-state index contributed by atoms with van der Waals surface area (Å²) in [7, 11) is -5.13. The van der Waals surface area contributed by atoms with Gasteiger partial charge >= 0.3 is 0 Å². The first-order valence-corrected chi connectivity index (χ1v) is 5.60. The van der Waals surface area contributed by atoms with Gasteiger partial charge in [0.05, 0.1) is 21.0 Å². The van der Waals surface area contributed by atoms with Gasteiger partial charge in [0.25, 0.3) is 0 Å². The first-order valence-electron chi connectivity index (χ1n) is 4.14. The van der Waals surface area contributed by atoms with E-state index in [0.29, 0.717) is 0 Å². The van der Waals surface area contributed by atoms with Crippen molar-refractivity contribution < 1.29 is 38.9 Å². The van der Waals surface area contributed by atoms with E-state index < -0.39 is 45.5 Å². The van der Waals surface area contributed by atoms with Crippen molar-refractivity contribution in [2.45, 2.75) is 24.4 Å². The molecule has 0 bridgehead atoms. The van der Waals surface area contributed by atoms with Crippen LogP contribution in [0.5, 0.6) is 0 Å². The van der Waals surface area contributed by atoms with E-state index in [4.69, 9.17) is 9.84 Å². The molecule has 4 atom stereocenters. The highest BCUT2D eigenvalue weighted by molar-refractivity contribution is 7.43. The van der Waals surface area contributed by atoms with E-state index >= 15 is 0 Å². The predicted octanol–water partition coefficient (Wildman–Crippen LogP) is -3.69. The standard InChI is InChI=1S/C6H13O8P/c7-1-3-5(8)6(9)4(14-3)2-13-15(10,11)12/h3-9H,1-2H2,(H2,10,11,12)/p-2. The Morgan fingerprint density at radius 3 is 2.20 bits per heavy atom. The van der Waals surface area contributed by atoms with Crippen molar-refractivity contribution in [1.82, 2.24) is 0 Å². The SMILES string of the molecule is O=P([O-])([O-])OCC1OC(CO)C(O)C1O. The summed E-state index contributed by atoms with van der Waals surface area (Å²) in [6, 6.07) is 0. The van der Waals surface area contributed by atoms with Crippen LogP contribution in [0.4, 0.5) is 0 Å². The molecule has 1 rings (SSSR count). The Labute approximate surface area is 85.3 Å². The summed E-state index contributed by atoms with van der Waals surface area (Å²) in [5.41, 5.74) is 0. The van der Waals surface area contributed by atoms with E-state index in [-0.39, 0.29) is 0 Å². The molecular formula is C6H11O8P-2. The van der Waals surface area contributed by atoms with Gasteiger partial charge in [0, 0.05) is 0 Å². The van der Waals surface area contributed by atoms with E-state index in [1.807, 2.05) is 0 Å². The second-order valence-electron chi connectivity index (χ2n) is 3.12. The molecule has 0 spiro atoms. The van der Waals surface area contributed by atoms with Gasteiger partial charge in [-0.15, -0.1) is 0 Å². The average Bonchev–Trinajstić information content (AvgIpc) is 2.40. The van der Waals surface area contributed by atoms with Gasteiger partial charge in [-0.25, -0.2) is 0 Å². The molecule has 1 aliphatic heterocycles. The van der Waals surface area contributed by atoms with Crippen molar-refractivity contribution in [3.8, 4) is 0 Å². The van der Waals surface area contributed by atoms with E-state index in [9.17, 15) is 24.6 Å². The molecule has 90 valence electrons. The number of rotatable bonds is 4. The van der Waals surface area contributed by atoms with Gasteiger partial charge < -0.3 is 38.9 Å². The lowest BCUT2D eigenvalue weighted by atomic mass is 10.1. The van der Waals surface area contributed by atoms with Crippen molar-refractivity contribution >= 4 is 7.82 Å². The third-order valence-electron chi connectivity index (χ3n) is 2.04. The molecule has 0 amide bonds. The summed E-state index contributed by atoms with van der Waals surface area (Å²) in [5.74, 6) is 0. The van der Waals surface area contributed by atoms with Crippen molar-refractivity contribution in [2.75, 3.05) is 13.2 Å². The summed E-state index contributed by atoms with van der Waals surface area (Å²) < 4.78 is 18.9. The molecule has 0 aromatic heterocycles. The molecule has 1 heterocycles. The molecular weight excluding hydrogens is 231 g/mol. The largest absolute Gasteiger partial charge is 0.790 e. The fourth-order valence-electron chi connectivity index (χ4n) is 1.28. The third kappa shape index (κ3) is 3.47. The second kappa shape index (κ2) is 4.86. The van der Waals surface area contributed by atoms with Crippen LogP contribution in [-0.4, -0.2) is 52.9 Å². The van der Waals surface area contributed by atoms with Crippen LogP contribution in [0, 0.1) is 0 Å². The molecule has 9 heteroatoms. The lowest BCUT2D eigenvalue weighted by molar-refractivity contribution is -0.343. The van der Waals surface area contributed by atoms with Gasteiger partial charge in [0.1, 0.15) is 24.4 Å². The first kappa shape index (κ1) is 13.0. The molecule has 8 nitrogen and oxygen atoms in total. The van der Waals surface area contributed by atoms with Crippen LogP contribution in [0.25, 0.3) is 0 Å². The maximum Gasteiger partial charge on any atom is 0.111 e. The highest BCUT2D eigenvalue weighted by atomic mass is 31.2. The van der Waals surface area contributed by atoms with Gasteiger partial charge in [-0.3, -0.25) is 0 Å². The van der Waals surface area contributed by atoms with Crippen LogP contribution in [0.2, 0.25) is 0 Å². The zero-order valence-corrected chi connectivity index (χ0v) is 8.45. The number of hydrogen-bond donors (Lipinski definition) is 3. The molecule has 4 unspecified atom stereocenters. The van der Waals surface area contributed by atoms with Crippen LogP contribution in [0.3, 0.4) is 0 Å². The van der Waals surface area contributed by atoms with Crippen LogP contribution in [-0.2, 0) is 13.8 Å².